The maximum atomic E-state index is 6.13. The number of nitrogens with zero attached hydrogens (tertiary/aromatic N) is 1. The lowest BCUT2D eigenvalue weighted by molar-refractivity contribution is 0.140. The molecule has 0 bridgehead atoms. The van der Waals surface area contributed by atoms with Crippen molar-refractivity contribution in [3.05, 3.63) is 41.5 Å². The minimum absolute atomic E-state index is 0.156. The van der Waals surface area contributed by atoms with Gasteiger partial charge in [0.2, 0.25) is 0 Å². The summed E-state index contributed by atoms with van der Waals surface area (Å²) in [6, 6.07) is 6.31. The third-order valence-electron chi connectivity index (χ3n) is 3.91. The van der Waals surface area contributed by atoms with Crippen LogP contribution in [0.4, 0.5) is 0 Å². The zero-order chi connectivity index (χ0) is 17.2. The quantitative estimate of drug-likeness (QED) is 0.349. The van der Waals surface area contributed by atoms with Crippen molar-refractivity contribution in [3.8, 4) is 5.75 Å². The molecule has 1 aromatic carbocycles. The smallest absolute Gasteiger partial charge is 0.191 e. The van der Waals surface area contributed by atoms with Gasteiger partial charge in [-0.05, 0) is 31.9 Å². The van der Waals surface area contributed by atoms with Crippen LogP contribution >= 0.6 is 0 Å². The molecule has 5 heteroatoms. The fourth-order valence-electron chi connectivity index (χ4n) is 2.54. The molecule has 0 spiro atoms. The molecule has 1 aliphatic heterocycles. The van der Waals surface area contributed by atoms with Crippen LogP contribution in [0.2, 0.25) is 0 Å². The lowest BCUT2D eigenvalue weighted by Crippen LogP contribution is -2.37. The summed E-state index contributed by atoms with van der Waals surface area (Å²) in [5.74, 6) is 1.73. The Balaban J connectivity index is 1.92. The normalized spacial score (nSPS) is 18.1. The van der Waals surface area contributed by atoms with Crippen LogP contribution in [0.1, 0.15) is 30.9 Å². The summed E-state index contributed by atoms with van der Waals surface area (Å²) in [7, 11) is 1.79. The molecule has 2 N–H and O–H groups in total. The van der Waals surface area contributed by atoms with Gasteiger partial charge in [-0.25, -0.2) is 0 Å². The fraction of sp³-hybridized carbons (Fsp3) is 0.526. The van der Waals surface area contributed by atoms with Crippen LogP contribution < -0.4 is 15.4 Å². The zero-order valence-electron chi connectivity index (χ0n) is 15.0. The summed E-state index contributed by atoms with van der Waals surface area (Å²) in [6.45, 7) is 7.10. The minimum Gasteiger partial charge on any atom is -0.488 e. The summed E-state index contributed by atoms with van der Waals surface area (Å²) in [6.07, 6.45) is 6.28. The molecule has 2 rings (SSSR count). The summed E-state index contributed by atoms with van der Waals surface area (Å²) in [4.78, 5) is 4.26. The first-order chi connectivity index (χ1) is 11.7. The molecule has 1 fully saturated rings. The van der Waals surface area contributed by atoms with E-state index in [0.717, 1.165) is 43.3 Å². The molecule has 0 saturated carbocycles. The first-order valence-electron chi connectivity index (χ1n) is 8.62. The van der Waals surface area contributed by atoms with E-state index in [1.54, 1.807) is 7.05 Å². The Bertz CT molecular complexity index is 564. The topological polar surface area (TPSA) is 54.9 Å². The van der Waals surface area contributed by atoms with Crippen LogP contribution in [-0.4, -0.2) is 38.9 Å². The largest absolute Gasteiger partial charge is 0.488 e. The number of aryl methyl sites for hydroxylation is 1. The van der Waals surface area contributed by atoms with Gasteiger partial charge in [-0.3, -0.25) is 4.99 Å². The van der Waals surface area contributed by atoms with Crippen LogP contribution in [0, 0.1) is 6.92 Å². The van der Waals surface area contributed by atoms with Crippen molar-refractivity contribution >= 4 is 5.96 Å². The van der Waals surface area contributed by atoms with Gasteiger partial charge in [-0.2, -0.15) is 0 Å². The van der Waals surface area contributed by atoms with Crippen molar-refractivity contribution in [2.75, 3.05) is 26.8 Å². The molecule has 1 heterocycles. The molecule has 132 valence electrons. The summed E-state index contributed by atoms with van der Waals surface area (Å²) < 4.78 is 11.5. The highest BCUT2D eigenvalue weighted by atomic mass is 16.5. The van der Waals surface area contributed by atoms with E-state index in [2.05, 4.69) is 52.9 Å². The van der Waals surface area contributed by atoms with E-state index in [0.29, 0.717) is 13.2 Å². The van der Waals surface area contributed by atoms with E-state index in [-0.39, 0.29) is 6.10 Å². The van der Waals surface area contributed by atoms with E-state index in [1.165, 1.54) is 5.56 Å². The Morgan fingerprint density at radius 1 is 1.42 bits per heavy atom. The Labute approximate surface area is 145 Å². The highest BCUT2D eigenvalue weighted by Crippen LogP contribution is 2.23. The van der Waals surface area contributed by atoms with Crippen molar-refractivity contribution in [2.24, 2.45) is 4.99 Å². The van der Waals surface area contributed by atoms with Gasteiger partial charge >= 0.3 is 0 Å². The van der Waals surface area contributed by atoms with Crippen molar-refractivity contribution in [1.82, 2.24) is 10.6 Å². The number of benzene rings is 1. The number of nitrogens with one attached hydrogen (secondary N) is 2. The molecule has 0 aromatic heterocycles. The number of ether oxygens (including phenoxy) is 2. The number of guanidine groups is 1. The summed E-state index contributed by atoms with van der Waals surface area (Å²) >= 11 is 0. The molecule has 24 heavy (non-hydrogen) atoms. The van der Waals surface area contributed by atoms with E-state index in [1.807, 2.05) is 6.92 Å². The maximum absolute atomic E-state index is 6.13. The highest BCUT2D eigenvalue weighted by Gasteiger charge is 2.18. The maximum Gasteiger partial charge on any atom is 0.191 e. The monoisotopic (exact) mass is 331 g/mol. The van der Waals surface area contributed by atoms with E-state index >= 15 is 0 Å². The minimum atomic E-state index is 0.156. The molecule has 1 unspecified atom stereocenters. The Morgan fingerprint density at radius 2 is 2.29 bits per heavy atom. The van der Waals surface area contributed by atoms with Gasteiger partial charge in [0.05, 0.1) is 13.2 Å². The molecular weight excluding hydrogens is 302 g/mol. The predicted octanol–water partition coefficient (Wildman–Crippen LogP) is 2.79. The second-order valence-electron chi connectivity index (χ2n) is 5.92. The van der Waals surface area contributed by atoms with E-state index < -0.39 is 0 Å². The van der Waals surface area contributed by atoms with Gasteiger partial charge in [-0.1, -0.05) is 24.3 Å². The average molecular weight is 331 g/mol. The number of aliphatic imine (C=N–C) groups is 1. The molecular formula is C19H29N3O2. The van der Waals surface area contributed by atoms with Crippen LogP contribution in [-0.2, 0) is 11.3 Å². The third kappa shape index (κ3) is 5.89. The van der Waals surface area contributed by atoms with Crippen LogP contribution in [0.15, 0.2) is 35.3 Å². The Kier molecular flexibility index (Phi) is 7.62. The van der Waals surface area contributed by atoms with Gasteiger partial charge < -0.3 is 20.1 Å². The first-order valence-corrected chi connectivity index (χ1v) is 8.62. The number of rotatable bonds is 7. The molecule has 1 atom stereocenters. The molecule has 0 aliphatic carbocycles. The van der Waals surface area contributed by atoms with Crippen molar-refractivity contribution in [3.63, 3.8) is 0 Å². The molecule has 1 saturated heterocycles. The van der Waals surface area contributed by atoms with E-state index in [4.69, 9.17) is 9.47 Å². The third-order valence-corrected chi connectivity index (χ3v) is 3.91. The SMILES string of the molecule is C/C=C/CCNC(=NC)NCc1ccc(C)cc1OC1CCOC1. The number of hydrogen-bond acceptors (Lipinski definition) is 3. The molecule has 5 nitrogen and oxygen atoms in total. The Morgan fingerprint density at radius 3 is 3.00 bits per heavy atom. The lowest BCUT2D eigenvalue weighted by atomic mass is 10.1. The first kappa shape index (κ1) is 18.3. The van der Waals surface area contributed by atoms with Crippen LogP contribution in [0.5, 0.6) is 5.75 Å². The Hall–Kier alpha value is -2.01. The lowest BCUT2D eigenvalue weighted by Gasteiger charge is -2.18. The van der Waals surface area contributed by atoms with Crippen LogP contribution in [0.3, 0.4) is 0 Å². The van der Waals surface area contributed by atoms with Crippen molar-refractivity contribution < 1.29 is 9.47 Å². The molecule has 1 aliphatic rings. The van der Waals surface area contributed by atoms with Crippen molar-refractivity contribution in [1.29, 1.82) is 0 Å². The average Bonchev–Trinajstić information content (AvgIpc) is 3.09. The predicted molar refractivity (Wildman–Crippen MR) is 98.7 cm³/mol. The number of allylic oxidation sites excluding steroid dienone is 1. The molecule has 1 aromatic rings. The van der Waals surface area contributed by atoms with Gasteiger partial charge in [0.15, 0.2) is 5.96 Å². The summed E-state index contributed by atoms with van der Waals surface area (Å²) in [5.41, 5.74) is 2.32. The second kappa shape index (κ2) is 9.98. The van der Waals surface area contributed by atoms with Crippen molar-refractivity contribution in [2.45, 2.75) is 39.3 Å². The van der Waals surface area contributed by atoms with Gasteiger partial charge in [-0.15, -0.1) is 0 Å². The summed E-state index contributed by atoms with van der Waals surface area (Å²) in [5, 5.41) is 6.66. The number of hydrogen-bond donors (Lipinski definition) is 2. The van der Waals surface area contributed by atoms with Gasteiger partial charge in [0.25, 0.3) is 0 Å². The van der Waals surface area contributed by atoms with Crippen LogP contribution in [0.25, 0.3) is 0 Å². The van der Waals surface area contributed by atoms with Gasteiger partial charge in [0, 0.05) is 32.1 Å². The molecule has 0 radical (unpaired) electrons. The van der Waals surface area contributed by atoms with E-state index in [9.17, 15) is 0 Å². The molecule has 0 amide bonds. The second-order valence-corrected chi connectivity index (χ2v) is 5.92. The van der Waals surface area contributed by atoms with Gasteiger partial charge in [0.1, 0.15) is 11.9 Å². The zero-order valence-corrected chi connectivity index (χ0v) is 15.0. The highest BCUT2D eigenvalue weighted by molar-refractivity contribution is 5.79. The standard InChI is InChI=1S/C19H29N3O2/c1-4-5-6-10-21-19(20-3)22-13-16-8-7-15(2)12-18(16)24-17-9-11-23-14-17/h4-5,7-8,12,17H,6,9-11,13-14H2,1-3H3,(H2,20,21,22)/b5-4+. The fourth-order valence-corrected chi connectivity index (χ4v) is 2.54.